The Morgan fingerprint density at radius 2 is 1.49 bits per heavy atom. The van der Waals surface area contributed by atoms with Crippen molar-refractivity contribution in [2.75, 3.05) is 6.61 Å². The Kier molecular flexibility index (Phi) is 7.06. The molecule has 0 spiro atoms. The molecule has 8 heteroatoms. The second kappa shape index (κ2) is 10.8. The molecular formula is C39H42O7S. The first-order valence-corrected chi connectivity index (χ1v) is 18.5. The van der Waals surface area contributed by atoms with E-state index in [-0.39, 0.29) is 45.9 Å². The number of rotatable bonds is 7. The topological polar surface area (TPSA) is 107 Å². The minimum atomic E-state index is -4.43. The predicted molar refractivity (Wildman–Crippen MR) is 176 cm³/mol. The molecule has 0 aliphatic heterocycles. The summed E-state index contributed by atoms with van der Waals surface area (Å²) in [5.41, 5.74) is 5.10. The molecule has 7 aliphatic carbocycles. The van der Waals surface area contributed by atoms with Gasteiger partial charge in [-0.15, -0.1) is 0 Å². The first kappa shape index (κ1) is 30.8. The number of hydrogen-bond donors (Lipinski definition) is 1. The average Bonchev–Trinajstić information content (AvgIpc) is 3.03. The summed E-state index contributed by atoms with van der Waals surface area (Å²) in [7, 11) is -4.43. The molecule has 0 aromatic heterocycles. The zero-order chi connectivity index (χ0) is 32.9. The Bertz CT molecular complexity index is 1850. The van der Waals surface area contributed by atoms with Gasteiger partial charge in [-0.05, 0) is 115 Å². The van der Waals surface area contributed by atoms with Crippen LogP contribution in [-0.4, -0.2) is 31.5 Å². The van der Waals surface area contributed by atoms with Gasteiger partial charge in [0.25, 0.3) is 10.1 Å². The van der Waals surface area contributed by atoms with Crippen LogP contribution in [0.2, 0.25) is 0 Å². The molecule has 246 valence electrons. The third kappa shape index (κ3) is 4.97. The van der Waals surface area contributed by atoms with E-state index in [1.807, 2.05) is 13.8 Å². The van der Waals surface area contributed by atoms with E-state index < -0.39 is 15.5 Å². The summed E-state index contributed by atoms with van der Waals surface area (Å²) in [5.74, 6) is 0.407. The summed E-state index contributed by atoms with van der Waals surface area (Å²) in [6, 6.07) is 20.0. The number of carbonyl (C=O) groups excluding carboxylic acids is 2. The van der Waals surface area contributed by atoms with Gasteiger partial charge in [0.05, 0.1) is 22.8 Å². The first-order chi connectivity index (χ1) is 22.4. The molecule has 7 nitrogen and oxygen atoms in total. The van der Waals surface area contributed by atoms with Crippen LogP contribution >= 0.6 is 0 Å². The van der Waals surface area contributed by atoms with Crippen LogP contribution in [0.25, 0.3) is 0 Å². The van der Waals surface area contributed by atoms with Gasteiger partial charge in [0.1, 0.15) is 5.75 Å². The number of benzene rings is 3. The highest BCUT2D eigenvalue weighted by atomic mass is 32.2. The second-order valence-electron chi connectivity index (χ2n) is 15.7. The van der Waals surface area contributed by atoms with E-state index in [9.17, 15) is 22.6 Å². The Balaban J connectivity index is 1.02. The van der Waals surface area contributed by atoms with E-state index in [1.54, 1.807) is 13.0 Å². The number of carbonyl (C=O) groups is 2. The third-order valence-corrected chi connectivity index (χ3v) is 13.1. The zero-order valence-corrected chi connectivity index (χ0v) is 28.0. The molecular weight excluding hydrogens is 612 g/mol. The molecule has 7 aliphatic rings. The van der Waals surface area contributed by atoms with Crippen molar-refractivity contribution in [3.8, 4) is 5.75 Å². The van der Waals surface area contributed by atoms with Crippen molar-refractivity contribution in [3.63, 3.8) is 0 Å². The van der Waals surface area contributed by atoms with Gasteiger partial charge in [-0.1, -0.05) is 62.4 Å². The van der Waals surface area contributed by atoms with Gasteiger partial charge in [0, 0.05) is 17.3 Å². The summed E-state index contributed by atoms with van der Waals surface area (Å²) in [5, 5.41) is 0. The molecule has 0 saturated heterocycles. The van der Waals surface area contributed by atoms with E-state index in [1.165, 1.54) is 28.3 Å². The normalized spacial score (nSPS) is 31.4. The average molecular weight is 655 g/mol. The Morgan fingerprint density at radius 1 is 0.894 bits per heavy atom. The van der Waals surface area contributed by atoms with Gasteiger partial charge < -0.3 is 9.47 Å². The van der Waals surface area contributed by atoms with E-state index in [0.29, 0.717) is 41.7 Å². The maximum atomic E-state index is 14.1. The van der Waals surface area contributed by atoms with E-state index in [4.69, 9.17) is 9.47 Å². The smallest absolute Gasteiger partial charge is 0.317 e. The lowest BCUT2D eigenvalue weighted by molar-refractivity contribution is -0.183. The third-order valence-electron chi connectivity index (χ3n) is 12.2. The van der Waals surface area contributed by atoms with Gasteiger partial charge in [0.2, 0.25) is 0 Å². The lowest BCUT2D eigenvalue weighted by Gasteiger charge is -2.60. The molecule has 3 aromatic carbocycles. The highest BCUT2D eigenvalue weighted by molar-refractivity contribution is 7.85. The molecule has 6 bridgehead atoms. The zero-order valence-electron chi connectivity index (χ0n) is 27.2. The molecule has 3 aromatic rings. The minimum absolute atomic E-state index is 0.0104. The van der Waals surface area contributed by atoms with Crippen LogP contribution in [0.15, 0.2) is 65.6 Å². The maximum Gasteiger partial charge on any atom is 0.317 e. The second-order valence-corrected chi connectivity index (χ2v) is 17.0. The summed E-state index contributed by atoms with van der Waals surface area (Å²) < 4.78 is 46.4. The van der Waals surface area contributed by atoms with E-state index in [0.717, 1.165) is 38.5 Å². The van der Waals surface area contributed by atoms with Gasteiger partial charge in [0.15, 0.2) is 0 Å². The van der Waals surface area contributed by atoms with Crippen LogP contribution < -0.4 is 4.74 Å². The van der Waals surface area contributed by atoms with Crippen molar-refractivity contribution in [1.82, 2.24) is 0 Å². The van der Waals surface area contributed by atoms with Crippen molar-refractivity contribution in [2.45, 2.75) is 88.4 Å². The minimum Gasteiger partial charge on any atom is -0.465 e. The number of ether oxygens (including phenoxy) is 2. The fraction of sp³-hybridized carbons (Fsp3) is 0.487. The van der Waals surface area contributed by atoms with Gasteiger partial charge >= 0.3 is 11.9 Å². The summed E-state index contributed by atoms with van der Waals surface area (Å²) in [6.45, 7) is 5.69. The summed E-state index contributed by atoms with van der Waals surface area (Å²) in [4.78, 5) is 28.0. The molecule has 1 N–H and O–H groups in total. The lowest BCUT2D eigenvalue weighted by atomic mass is 9.44. The monoisotopic (exact) mass is 654 g/mol. The molecule has 10 rings (SSSR count). The van der Waals surface area contributed by atoms with Crippen LogP contribution in [-0.2, 0) is 24.4 Å². The van der Waals surface area contributed by atoms with Gasteiger partial charge in [-0.25, -0.2) is 0 Å². The number of hydrogen-bond acceptors (Lipinski definition) is 6. The highest BCUT2D eigenvalue weighted by Crippen LogP contribution is 2.66. The maximum absolute atomic E-state index is 14.1. The molecule has 4 saturated carbocycles. The van der Waals surface area contributed by atoms with Gasteiger partial charge in [-0.3, -0.25) is 14.1 Å². The number of fused-ring (bicyclic) bond motifs is 1. The molecule has 0 heterocycles. The number of esters is 2. The van der Waals surface area contributed by atoms with Crippen LogP contribution in [0.5, 0.6) is 5.75 Å². The van der Waals surface area contributed by atoms with Crippen LogP contribution in [0.1, 0.15) is 110 Å². The quantitative estimate of drug-likeness (QED) is 0.158. The van der Waals surface area contributed by atoms with Crippen molar-refractivity contribution < 1.29 is 32.0 Å². The van der Waals surface area contributed by atoms with E-state index in [2.05, 4.69) is 48.5 Å². The summed E-state index contributed by atoms with van der Waals surface area (Å²) in [6.07, 6.45) is 5.89. The first-order valence-electron chi connectivity index (χ1n) is 17.0. The summed E-state index contributed by atoms with van der Waals surface area (Å²) >= 11 is 0. The van der Waals surface area contributed by atoms with E-state index >= 15 is 0 Å². The van der Waals surface area contributed by atoms with Crippen LogP contribution in [0.4, 0.5) is 0 Å². The lowest BCUT2D eigenvalue weighted by Crippen LogP contribution is -2.57. The largest absolute Gasteiger partial charge is 0.465 e. The Labute approximate surface area is 276 Å². The van der Waals surface area contributed by atoms with Crippen LogP contribution in [0.3, 0.4) is 0 Å². The van der Waals surface area contributed by atoms with Crippen molar-refractivity contribution in [3.05, 3.63) is 94.0 Å². The van der Waals surface area contributed by atoms with Crippen molar-refractivity contribution in [2.24, 2.45) is 28.6 Å². The fourth-order valence-electron chi connectivity index (χ4n) is 10.7. The molecule has 4 fully saturated rings. The van der Waals surface area contributed by atoms with Crippen molar-refractivity contribution >= 4 is 22.1 Å². The molecule has 3 atom stereocenters. The fourth-order valence-corrected chi connectivity index (χ4v) is 11.6. The Hall–Kier alpha value is -3.49. The molecule has 47 heavy (non-hydrogen) atoms. The standard InChI is InChI=1S/C39H42O7S/c1-22(2)30-15-33(23(3)12-34(30)47(42,43)44)46-37(41)39-18-24-13-25(19-39)17-38(16-24,20-39)21-45-36(40)32-14-31-26-8-4-6-10-28(26)35(32)29-11-7-5-9-27(29)31/h4-12,15,22,24-25,31-32,35H,13-14,16-21H2,1-3H3,(H,42,43,44). The highest BCUT2D eigenvalue weighted by Gasteiger charge is 2.62. The molecule has 3 unspecified atom stereocenters. The predicted octanol–water partition coefficient (Wildman–Crippen LogP) is 7.70. The number of aryl methyl sites for hydroxylation is 1. The van der Waals surface area contributed by atoms with Gasteiger partial charge in [-0.2, -0.15) is 8.42 Å². The molecule has 0 amide bonds. The van der Waals surface area contributed by atoms with Crippen LogP contribution in [0, 0.1) is 35.5 Å². The van der Waals surface area contributed by atoms with Crippen molar-refractivity contribution in [1.29, 1.82) is 0 Å². The molecule has 0 radical (unpaired) electrons. The Morgan fingerprint density at radius 3 is 2.06 bits per heavy atom. The SMILES string of the molecule is Cc1cc(S(=O)(=O)O)c(C(C)C)cc1OC(=O)C12CC3CC(CC(COC(=O)C4CC5c6ccccc6C4c4ccccc45)(C3)C1)C2.